The van der Waals surface area contributed by atoms with Gasteiger partial charge in [-0.1, -0.05) is 12.8 Å². The van der Waals surface area contributed by atoms with Gasteiger partial charge in [-0.3, -0.25) is 9.59 Å². The average molecular weight is 265 g/mol. The van der Waals surface area contributed by atoms with Gasteiger partial charge in [0.2, 0.25) is 0 Å². The maximum absolute atomic E-state index is 11.5. The molecule has 104 valence electrons. The molecule has 0 aromatic rings. The molecular weight excluding hydrogens is 246 g/mol. The van der Waals surface area contributed by atoms with Crippen LogP contribution in [0.25, 0.3) is 0 Å². The Balaban J connectivity index is 3.77. The van der Waals surface area contributed by atoms with E-state index in [2.05, 4.69) is 5.92 Å². The first-order chi connectivity index (χ1) is 9.01. The van der Waals surface area contributed by atoms with Gasteiger partial charge in [-0.15, -0.1) is 6.42 Å². The first-order valence-electron chi connectivity index (χ1n) is 6.20. The van der Waals surface area contributed by atoms with Crippen molar-refractivity contribution in [2.75, 3.05) is 6.61 Å². The molecular formula is C14H19NO4. The lowest BCUT2D eigenvalue weighted by Crippen LogP contribution is -2.20. The van der Waals surface area contributed by atoms with Crippen LogP contribution in [0.15, 0.2) is 0 Å². The van der Waals surface area contributed by atoms with E-state index in [9.17, 15) is 9.59 Å². The normalized spacial score (nSPS) is 12.6. The van der Waals surface area contributed by atoms with Gasteiger partial charge in [0.15, 0.2) is 6.10 Å². The van der Waals surface area contributed by atoms with Crippen LogP contribution in [0.3, 0.4) is 0 Å². The van der Waals surface area contributed by atoms with Gasteiger partial charge >= 0.3 is 11.9 Å². The molecule has 5 heteroatoms. The number of nitrogens with zero attached hydrogens (tertiary/aromatic N) is 1. The fraction of sp³-hybridized carbons (Fsp3) is 0.643. The molecule has 0 aromatic heterocycles. The van der Waals surface area contributed by atoms with Crippen LogP contribution < -0.4 is 0 Å². The van der Waals surface area contributed by atoms with Gasteiger partial charge < -0.3 is 9.47 Å². The third-order valence-corrected chi connectivity index (χ3v) is 2.42. The number of terminal acetylenes is 1. The number of ether oxygens (including phenoxy) is 2. The predicted molar refractivity (Wildman–Crippen MR) is 68.6 cm³/mol. The number of nitriles is 1. The second-order valence-corrected chi connectivity index (χ2v) is 4.17. The SMILES string of the molecule is C#CC(C)OC(=O)C(C)CCCC(=O)OCCC#N. The number of esters is 2. The molecule has 0 aromatic carbocycles. The summed E-state index contributed by atoms with van der Waals surface area (Å²) in [5.74, 6) is 1.30. The van der Waals surface area contributed by atoms with E-state index >= 15 is 0 Å². The Bertz CT molecular complexity index is 378. The van der Waals surface area contributed by atoms with Crippen molar-refractivity contribution in [3.05, 3.63) is 0 Å². The van der Waals surface area contributed by atoms with Crippen molar-refractivity contribution in [3.63, 3.8) is 0 Å². The minimum atomic E-state index is -0.536. The number of carbonyl (C=O) groups is 2. The maximum atomic E-state index is 11.5. The van der Waals surface area contributed by atoms with Crippen molar-refractivity contribution >= 4 is 11.9 Å². The lowest BCUT2D eigenvalue weighted by atomic mass is 10.0. The molecule has 0 N–H and O–H groups in total. The summed E-state index contributed by atoms with van der Waals surface area (Å²) in [7, 11) is 0. The Labute approximate surface area is 113 Å². The number of rotatable bonds is 8. The molecule has 5 nitrogen and oxygen atoms in total. The molecule has 0 aliphatic rings. The third kappa shape index (κ3) is 8.68. The average Bonchev–Trinajstić information content (AvgIpc) is 2.38. The van der Waals surface area contributed by atoms with Gasteiger partial charge in [-0.05, 0) is 19.8 Å². The molecule has 0 spiro atoms. The maximum Gasteiger partial charge on any atom is 0.309 e. The zero-order chi connectivity index (χ0) is 14.7. The smallest absolute Gasteiger partial charge is 0.309 e. The van der Waals surface area contributed by atoms with E-state index in [1.165, 1.54) is 0 Å². The van der Waals surface area contributed by atoms with Crippen LogP contribution >= 0.6 is 0 Å². The second kappa shape index (κ2) is 9.96. The molecule has 0 radical (unpaired) electrons. The summed E-state index contributed by atoms with van der Waals surface area (Å²) in [6.45, 7) is 3.47. The zero-order valence-corrected chi connectivity index (χ0v) is 11.3. The number of hydrogen-bond acceptors (Lipinski definition) is 5. The summed E-state index contributed by atoms with van der Waals surface area (Å²) < 4.78 is 9.77. The van der Waals surface area contributed by atoms with E-state index in [1.54, 1.807) is 13.8 Å². The largest absolute Gasteiger partial charge is 0.465 e. The summed E-state index contributed by atoms with van der Waals surface area (Å²) >= 11 is 0. The first-order valence-corrected chi connectivity index (χ1v) is 6.20. The summed E-state index contributed by atoms with van der Waals surface area (Å²) in [6.07, 6.45) is 6.06. The topological polar surface area (TPSA) is 76.4 Å². The van der Waals surface area contributed by atoms with Crippen LogP contribution in [-0.2, 0) is 19.1 Å². The molecule has 0 heterocycles. The fourth-order valence-electron chi connectivity index (χ4n) is 1.28. The molecule has 2 unspecified atom stereocenters. The van der Waals surface area contributed by atoms with Gasteiger partial charge in [0.25, 0.3) is 0 Å². The van der Waals surface area contributed by atoms with Crippen molar-refractivity contribution in [2.24, 2.45) is 5.92 Å². The highest BCUT2D eigenvalue weighted by molar-refractivity contribution is 5.72. The summed E-state index contributed by atoms with van der Waals surface area (Å²) in [5, 5.41) is 8.27. The van der Waals surface area contributed by atoms with Crippen LogP contribution in [0.5, 0.6) is 0 Å². The van der Waals surface area contributed by atoms with Crippen LogP contribution in [0.2, 0.25) is 0 Å². The fourth-order valence-corrected chi connectivity index (χ4v) is 1.28. The molecule has 0 saturated carbocycles. The zero-order valence-electron chi connectivity index (χ0n) is 11.3. The highest BCUT2D eigenvalue weighted by Crippen LogP contribution is 2.11. The number of carbonyl (C=O) groups excluding carboxylic acids is 2. The number of hydrogen-bond donors (Lipinski definition) is 0. The molecule has 2 atom stereocenters. The van der Waals surface area contributed by atoms with Gasteiger partial charge in [-0.25, -0.2) is 0 Å². The first kappa shape index (κ1) is 17.0. The van der Waals surface area contributed by atoms with Gasteiger partial charge in [0.1, 0.15) is 6.61 Å². The predicted octanol–water partition coefficient (Wildman–Crippen LogP) is 1.81. The molecule has 0 saturated heterocycles. The summed E-state index contributed by atoms with van der Waals surface area (Å²) in [4.78, 5) is 22.7. The van der Waals surface area contributed by atoms with E-state index in [0.717, 1.165) is 0 Å². The van der Waals surface area contributed by atoms with Crippen LogP contribution in [-0.4, -0.2) is 24.6 Å². The van der Waals surface area contributed by atoms with Gasteiger partial charge in [-0.2, -0.15) is 5.26 Å². The van der Waals surface area contributed by atoms with Crippen LogP contribution in [0.1, 0.15) is 39.5 Å². The highest BCUT2D eigenvalue weighted by atomic mass is 16.5. The third-order valence-electron chi connectivity index (χ3n) is 2.42. The molecule has 0 rings (SSSR count). The van der Waals surface area contributed by atoms with Crippen molar-refractivity contribution in [1.29, 1.82) is 5.26 Å². The monoisotopic (exact) mass is 265 g/mol. The Hall–Kier alpha value is -2.01. The van der Waals surface area contributed by atoms with E-state index in [1.807, 2.05) is 6.07 Å². The van der Waals surface area contributed by atoms with Crippen molar-refractivity contribution in [1.82, 2.24) is 0 Å². The quantitative estimate of drug-likeness (QED) is 0.380. The van der Waals surface area contributed by atoms with Gasteiger partial charge in [0.05, 0.1) is 18.4 Å². The molecule has 0 aliphatic carbocycles. The minimum Gasteiger partial charge on any atom is -0.465 e. The van der Waals surface area contributed by atoms with Crippen LogP contribution in [0, 0.1) is 29.6 Å². The Morgan fingerprint density at radius 2 is 2.05 bits per heavy atom. The second-order valence-electron chi connectivity index (χ2n) is 4.17. The minimum absolute atomic E-state index is 0.118. The molecule has 19 heavy (non-hydrogen) atoms. The Morgan fingerprint density at radius 1 is 1.37 bits per heavy atom. The van der Waals surface area contributed by atoms with Crippen LogP contribution in [0.4, 0.5) is 0 Å². The summed E-state index contributed by atoms with van der Waals surface area (Å²) in [6, 6.07) is 1.88. The van der Waals surface area contributed by atoms with E-state index in [0.29, 0.717) is 12.8 Å². The van der Waals surface area contributed by atoms with E-state index < -0.39 is 6.10 Å². The lowest BCUT2D eigenvalue weighted by Gasteiger charge is -2.12. The Morgan fingerprint density at radius 3 is 2.63 bits per heavy atom. The highest BCUT2D eigenvalue weighted by Gasteiger charge is 2.16. The molecule has 0 bridgehead atoms. The standard InChI is InChI=1S/C14H19NO4/c1-4-12(3)19-14(17)11(2)7-5-8-13(16)18-10-6-9-15/h1,11-12H,5-8,10H2,2-3H3. The Kier molecular flexibility index (Phi) is 8.91. The molecule has 0 aliphatic heterocycles. The summed E-state index contributed by atoms with van der Waals surface area (Å²) in [5.41, 5.74) is 0. The molecule has 0 amide bonds. The van der Waals surface area contributed by atoms with Crippen molar-refractivity contribution in [3.8, 4) is 18.4 Å². The van der Waals surface area contributed by atoms with E-state index in [4.69, 9.17) is 21.2 Å². The van der Waals surface area contributed by atoms with Crippen molar-refractivity contribution in [2.45, 2.75) is 45.6 Å². The molecule has 0 fully saturated rings. The van der Waals surface area contributed by atoms with E-state index in [-0.39, 0.29) is 37.3 Å². The lowest BCUT2D eigenvalue weighted by molar-refractivity contribution is -0.151. The van der Waals surface area contributed by atoms with Crippen molar-refractivity contribution < 1.29 is 19.1 Å². The van der Waals surface area contributed by atoms with Gasteiger partial charge in [0, 0.05) is 6.42 Å².